The van der Waals surface area contributed by atoms with Crippen molar-refractivity contribution >= 4 is 23.2 Å². The Kier molecular flexibility index (Phi) is 5.81. The van der Waals surface area contributed by atoms with E-state index in [4.69, 9.17) is 26.1 Å². The average Bonchev–Trinajstić information content (AvgIpc) is 3.10. The summed E-state index contributed by atoms with van der Waals surface area (Å²) >= 11 is 5.06. The summed E-state index contributed by atoms with van der Waals surface area (Å²) in [6.07, 6.45) is 1.58. The number of thiocarbonyl (C=S) groups is 1. The molecule has 0 unspecified atom stereocenters. The third kappa shape index (κ3) is 4.62. The summed E-state index contributed by atoms with van der Waals surface area (Å²) in [6.45, 7) is 0.422. The maximum atomic E-state index is 12.1. The standard InChI is InChI=1S/C15H17N3O4S/c1-20-12-6-5-10(8-13(12)21-2)14(19)17-18-15(23)16-9-11-4-3-7-22-11/h3-8H,9H2,1-2H3,(H,17,19)(H2,16,18,23). The second kappa shape index (κ2) is 8.04. The SMILES string of the molecule is COc1ccc(C(=O)NNC(=S)NCc2ccco2)cc1OC. The molecule has 0 atom stereocenters. The molecule has 2 rings (SSSR count). The van der Waals surface area contributed by atoms with Crippen molar-refractivity contribution in [3.05, 3.63) is 47.9 Å². The maximum Gasteiger partial charge on any atom is 0.269 e. The molecule has 0 aliphatic heterocycles. The molecule has 0 spiro atoms. The molecule has 122 valence electrons. The maximum absolute atomic E-state index is 12.1. The Hall–Kier alpha value is -2.74. The van der Waals surface area contributed by atoms with E-state index < -0.39 is 0 Å². The van der Waals surface area contributed by atoms with Crippen LogP contribution in [-0.2, 0) is 6.54 Å². The summed E-state index contributed by atoms with van der Waals surface area (Å²) in [5, 5.41) is 3.17. The quantitative estimate of drug-likeness (QED) is 0.565. The van der Waals surface area contributed by atoms with Crippen molar-refractivity contribution in [2.75, 3.05) is 14.2 Å². The lowest BCUT2D eigenvalue weighted by molar-refractivity contribution is 0.0943. The van der Waals surface area contributed by atoms with Crippen LogP contribution in [0.5, 0.6) is 11.5 Å². The van der Waals surface area contributed by atoms with Crippen LogP contribution in [0.2, 0.25) is 0 Å². The lowest BCUT2D eigenvalue weighted by Gasteiger charge is -2.12. The number of carbonyl (C=O) groups is 1. The molecule has 1 amide bonds. The third-order valence-electron chi connectivity index (χ3n) is 2.94. The molecule has 0 bridgehead atoms. The topological polar surface area (TPSA) is 84.8 Å². The highest BCUT2D eigenvalue weighted by Crippen LogP contribution is 2.27. The smallest absolute Gasteiger partial charge is 0.269 e. The van der Waals surface area contributed by atoms with Crippen LogP contribution in [0, 0.1) is 0 Å². The van der Waals surface area contributed by atoms with Gasteiger partial charge >= 0.3 is 0 Å². The zero-order chi connectivity index (χ0) is 16.7. The lowest BCUT2D eigenvalue weighted by Crippen LogP contribution is -2.46. The van der Waals surface area contributed by atoms with Crippen LogP contribution in [0.25, 0.3) is 0 Å². The number of benzene rings is 1. The molecule has 8 heteroatoms. The van der Waals surface area contributed by atoms with E-state index in [1.807, 2.05) is 6.07 Å². The van der Waals surface area contributed by atoms with Crippen molar-refractivity contribution in [2.45, 2.75) is 6.54 Å². The van der Waals surface area contributed by atoms with Crippen molar-refractivity contribution < 1.29 is 18.7 Å². The summed E-state index contributed by atoms with van der Waals surface area (Å²) in [6, 6.07) is 8.46. The van der Waals surface area contributed by atoms with Gasteiger partial charge in [-0.15, -0.1) is 0 Å². The Bertz CT molecular complexity index is 673. The summed E-state index contributed by atoms with van der Waals surface area (Å²) < 4.78 is 15.4. The summed E-state index contributed by atoms with van der Waals surface area (Å²) in [5.74, 6) is 1.40. The average molecular weight is 335 g/mol. The highest BCUT2D eigenvalue weighted by Gasteiger charge is 2.10. The number of methoxy groups -OCH3 is 2. The minimum atomic E-state index is -0.354. The Labute approximate surface area is 138 Å². The Morgan fingerprint density at radius 2 is 1.96 bits per heavy atom. The number of ether oxygens (including phenoxy) is 2. The van der Waals surface area contributed by atoms with Gasteiger partial charge in [0, 0.05) is 5.56 Å². The number of hydrogen-bond donors (Lipinski definition) is 3. The summed E-state index contributed by atoms with van der Waals surface area (Å²) in [7, 11) is 3.04. The predicted octanol–water partition coefficient (Wildman–Crippen LogP) is 1.61. The Morgan fingerprint density at radius 3 is 2.61 bits per heavy atom. The molecule has 1 aromatic heterocycles. The molecule has 7 nitrogen and oxygen atoms in total. The van der Waals surface area contributed by atoms with Crippen LogP contribution in [0.1, 0.15) is 16.1 Å². The normalized spacial score (nSPS) is 9.83. The second-order valence-electron chi connectivity index (χ2n) is 4.41. The number of hydrogen-bond acceptors (Lipinski definition) is 5. The molecule has 23 heavy (non-hydrogen) atoms. The van der Waals surface area contributed by atoms with Crippen molar-refractivity contribution in [3.8, 4) is 11.5 Å². The molecule has 0 aliphatic carbocycles. The zero-order valence-electron chi connectivity index (χ0n) is 12.7. The molecule has 0 saturated heterocycles. The van der Waals surface area contributed by atoms with E-state index in [1.165, 1.54) is 14.2 Å². The van der Waals surface area contributed by atoms with E-state index in [1.54, 1.807) is 30.5 Å². The van der Waals surface area contributed by atoms with Crippen molar-refractivity contribution in [1.29, 1.82) is 0 Å². The van der Waals surface area contributed by atoms with Gasteiger partial charge in [-0.25, -0.2) is 0 Å². The second-order valence-corrected chi connectivity index (χ2v) is 4.82. The van der Waals surface area contributed by atoms with Gasteiger partial charge in [0.2, 0.25) is 0 Å². The number of hydrazine groups is 1. The molecule has 1 heterocycles. The van der Waals surface area contributed by atoms with Crippen LogP contribution in [0.3, 0.4) is 0 Å². The van der Waals surface area contributed by atoms with Crippen LogP contribution in [0.15, 0.2) is 41.0 Å². The molecule has 0 fully saturated rings. The number of rotatable bonds is 5. The van der Waals surface area contributed by atoms with E-state index in [0.29, 0.717) is 23.6 Å². The van der Waals surface area contributed by atoms with Crippen LogP contribution >= 0.6 is 12.2 Å². The Balaban J connectivity index is 1.85. The van der Waals surface area contributed by atoms with Crippen LogP contribution < -0.4 is 25.6 Å². The lowest BCUT2D eigenvalue weighted by atomic mass is 10.2. The van der Waals surface area contributed by atoms with Gasteiger partial charge in [0.1, 0.15) is 5.76 Å². The predicted molar refractivity (Wildman–Crippen MR) is 88.3 cm³/mol. The Morgan fingerprint density at radius 1 is 1.17 bits per heavy atom. The molecule has 2 aromatic rings. The number of nitrogens with one attached hydrogen (secondary N) is 3. The van der Waals surface area contributed by atoms with Gasteiger partial charge in [-0.1, -0.05) is 0 Å². The molecule has 1 aromatic carbocycles. The first-order valence-corrected chi connectivity index (χ1v) is 7.13. The van der Waals surface area contributed by atoms with Crippen molar-refractivity contribution in [3.63, 3.8) is 0 Å². The minimum Gasteiger partial charge on any atom is -0.493 e. The largest absolute Gasteiger partial charge is 0.493 e. The van der Waals surface area contributed by atoms with E-state index in [9.17, 15) is 4.79 Å². The first-order valence-electron chi connectivity index (χ1n) is 6.72. The summed E-state index contributed by atoms with van der Waals surface area (Å²) in [4.78, 5) is 12.1. The molecule has 0 radical (unpaired) electrons. The molecule has 3 N–H and O–H groups in total. The third-order valence-corrected chi connectivity index (χ3v) is 3.18. The van der Waals surface area contributed by atoms with E-state index in [2.05, 4.69) is 16.2 Å². The van der Waals surface area contributed by atoms with E-state index in [0.717, 1.165) is 5.76 Å². The first-order chi connectivity index (χ1) is 11.1. The highest BCUT2D eigenvalue weighted by atomic mass is 32.1. The van der Waals surface area contributed by atoms with Gasteiger partial charge in [-0.05, 0) is 42.5 Å². The van der Waals surface area contributed by atoms with Gasteiger partial charge in [-0.2, -0.15) is 0 Å². The van der Waals surface area contributed by atoms with Gasteiger partial charge in [0.15, 0.2) is 16.6 Å². The number of furan rings is 1. The fourth-order valence-electron chi connectivity index (χ4n) is 1.79. The fraction of sp³-hybridized carbons (Fsp3) is 0.200. The van der Waals surface area contributed by atoms with Gasteiger partial charge < -0.3 is 19.2 Å². The first kappa shape index (κ1) is 16.6. The monoisotopic (exact) mass is 335 g/mol. The molecule has 0 saturated carbocycles. The minimum absolute atomic E-state index is 0.273. The summed E-state index contributed by atoms with van der Waals surface area (Å²) in [5.41, 5.74) is 5.52. The highest BCUT2D eigenvalue weighted by molar-refractivity contribution is 7.80. The molecular formula is C15H17N3O4S. The number of amides is 1. The van der Waals surface area contributed by atoms with Gasteiger partial charge in [0.25, 0.3) is 5.91 Å². The van der Waals surface area contributed by atoms with Crippen molar-refractivity contribution in [1.82, 2.24) is 16.2 Å². The van der Waals surface area contributed by atoms with Crippen LogP contribution in [-0.4, -0.2) is 25.2 Å². The zero-order valence-corrected chi connectivity index (χ0v) is 13.5. The van der Waals surface area contributed by atoms with Gasteiger partial charge in [0.05, 0.1) is 27.0 Å². The van der Waals surface area contributed by atoms with Gasteiger partial charge in [-0.3, -0.25) is 15.6 Å². The molecular weight excluding hydrogens is 318 g/mol. The molecule has 0 aliphatic rings. The van der Waals surface area contributed by atoms with Crippen molar-refractivity contribution in [2.24, 2.45) is 0 Å². The fourth-order valence-corrected chi connectivity index (χ4v) is 1.91. The van der Waals surface area contributed by atoms with Crippen LogP contribution in [0.4, 0.5) is 0 Å². The number of carbonyl (C=O) groups excluding carboxylic acids is 1. The van der Waals surface area contributed by atoms with E-state index in [-0.39, 0.29) is 11.0 Å². The van der Waals surface area contributed by atoms with E-state index >= 15 is 0 Å².